The van der Waals surface area contributed by atoms with Crippen LogP contribution in [0.25, 0.3) is 0 Å². The highest BCUT2D eigenvalue weighted by Crippen LogP contribution is 2.17. The smallest absolute Gasteiger partial charge is 0.432 e. The van der Waals surface area contributed by atoms with Gasteiger partial charge in [-0.05, 0) is 32.9 Å². The normalized spacial score (nSPS) is 11.8. The quantitative estimate of drug-likeness (QED) is 0.662. The van der Waals surface area contributed by atoms with Gasteiger partial charge in [-0.1, -0.05) is 0 Å². The van der Waals surface area contributed by atoms with E-state index < -0.39 is 26.7 Å². The highest BCUT2D eigenvalue weighted by atomic mass is 32.2. The summed E-state index contributed by atoms with van der Waals surface area (Å²) in [6, 6.07) is 3.99. The average molecular weight is 318 g/mol. The van der Waals surface area contributed by atoms with Gasteiger partial charge in [-0.2, -0.15) is 13.9 Å². The van der Waals surface area contributed by atoms with E-state index in [9.17, 15) is 23.3 Å². The number of hydroxylamine groups is 1. The maximum absolute atomic E-state index is 11.7. The van der Waals surface area contributed by atoms with Gasteiger partial charge >= 0.3 is 16.2 Å². The van der Waals surface area contributed by atoms with Crippen LogP contribution in [0.4, 0.5) is 10.5 Å². The van der Waals surface area contributed by atoms with Gasteiger partial charge in [0.2, 0.25) is 0 Å². The molecule has 9 nitrogen and oxygen atoms in total. The van der Waals surface area contributed by atoms with E-state index in [1.807, 2.05) is 0 Å². The van der Waals surface area contributed by atoms with Crippen LogP contribution in [0.3, 0.4) is 0 Å². The molecule has 1 amide bonds. The molecule has 1 rings (SSSR count). The Labute approximate surface area is 121 Å². The van der Waals surface area contributed by atoms with Crippen LogP contribution in [0, 0.1) is 10.1 Å². The lowest BCUT2D eigenvalue weighted by molar-refractivity contribution is -0.384. The lowest BCUT2D eigenvalue weighted by Gasteiger charge is -2.19. The van der Waals surface area contributed by atoms with Crippen LogP contribution in [-0.2, 0) is 19.1 Å². The van der Waals surface area contributed by atoms with Gasteiger partial charge in [-0.3, -0.25) is 10.1 Å². The molecule has 21 heavy (non-hydrogen) atoms. The van der Waals surface area contributed by atoms with Gasteiger partial charge in [0.05, 0.1) is 9.82 Å². The fourth-order valence-corrected chi connectivity index (χ4v) is 1.91. The van der Waals surface area contributed by atoms with E-state index >= 15 is 0 Å². The number of hydrogen-bond acceptors (Lipinski definition) is 7. The molecule has 0 aromatic heterocycles. The lowest BCUT2D eigenvalue weighted by atomic mass is 10.2. The Hall–Kier alpha value is -2.20. The minimum absolute atomic E-state index is 0.269. The Morgan fingerprint density at radius 1 is 1.24 bits per heavy atom. The second-order valence-corrected chi connectivity index (χ2v) is 6.44. The van der Waals surface area contributed by atoms with Crippen molar-refractivity contribution >= 4 is 21.9 Å². The van der Waals surface area contributed by atoms with Crippen LogP contribution in [0.5, 0.6) is 0 Å². The molecule has 0 fully saturated rings. The van der Waals surface area contributed by atoms with Crippen molar-refractivity contribution < 1.29 is 27.2 Å². The summed E-state index contributed by atoms with van der Waals surface area (Å²) in [6.07, 6.45) is -1.08. The third kappa shape index (κ3) is 5.36. The first-order chi connectivity index (χ1) is 9.51. The van der Waals surface area contributed by atoms with Crippen LogP contribution in [-0.4, -0.2) is 25.0 Å². The predicted molar refractivity (Wildman–Crippen MR) is 70.7 cm³/mol. The molecule has 0 unspecified atom stereocenters. The summed E-state index contributed by atoms with van der Waals surface area (Å²) in [5, 5.41) is 10.5. The highest BCUT2D eigenvalue weighted by molar-refractivity contribution is 7.86. The Kier molecular flexibility index (Phi) is 4.86. The highest BCUT2D eigenvalue weighted by Gasteiger charge is 2.21. The number of carbonyl (C=O) groups is 1. The molecule has 0 heterocycles. The number of nitrogens with one attached hydrogen (secondary N) is 1. The second-order valence-electron chi connectivity index (χ2n) is 4.89. The number of nitro groups is 1. The molecular weight excluding hydrogens is 304 g/mol. The van der Waals surface area contributed by atoms with Gasteiger partial charge < -0.3 is 4.74 Å². The molecule has 0 aliphatic carbocycles. The van der Waals surface area contributed by atoms with Gasteiger partial charge in [0, 0.05) is 12.1 Å². The molecule has 1 aromatic rings. The van der Waals surface area contributed by atoms with Gasteiger partial charge in [0.25, 0.3) is 5.69 Å². The SMILES string of the molecule is CC(C)(C)OC(=O)NOS(=O)(=O)c1ccc([N+](=O)[O-])cc1. The molecule has 0 saturated carbocycles. The van der Waals surface area contributed by atoms with Gasteiger partial charge in [-0.25, -0.2) is 4.79 Å². The van der Waals surface area contributed by atoms with Crippen LogP contribution in [0.15, 0.2) is 29.2 Å². The number of ether oxygens (including phenoxy) is 1. The lowest BCUT2D eigenvalue weighted by Crippen LogP contribution is -2.34. The standard InChI is InChI=1S/C11H14N2O7S/c1-11(2,3)19-10(14)12-20-21(17,18)9-6-4-8(5-7-9)13(15)16/h4-7H,1-3H3,(H,12,14). The van der Waals surface area contributed by atoms with E-state index in [0.717, 1.165) is 24.3 Å². The van der Waals surface area contributed by atoms with E-state index in [4.69, 9.17) is 4.74 Å². The van der Waals surface area contributed by atoms with Crippen molar-refractivity contribution in [3.8, 4) is 0 Å². The molecule has 0 atom stereocenters. The maximum Gasteiger partial charge on any atom is 0.432 e. The van der Waals surface area contributed by atoms with Crippen molar-refractivity contribution in [3.05, 3.63) is 34.4 Å². The first-order valence-electron chi connectivity index (χ1n) is 5.68. The maximum atomic E-state index is 11.7. The second kappa shape index (κ2) is 6.06. The van der Waals surface area contributed by atoms with Crippen molar-refractivity contribution in [3.63, 3.8) is 0 Å². The molecule has 1 aromatic carbocycles. The Balaban J connectivity index is 2.74. The van der Waals surface area contributed by atoms with E-state index in [0.29, 0.717) is 0 Å². The van der Waals surface area contributed by atoms with Crippen LogP contribution in [0.2, 0.25) is 0 Å². The topological polar surface area (TPSA) is 125 Å². The molecule has 0 spiro atoms. The largest absolute Gasteiger partial charge is 0.442 e. The monoisotopic (exact) mass is 318 g/mol. The predicted octanol–water partition coefficient (Wildman–Crippen LogP) is 1.74. The first-order valence-corrected chi connectivity index (χ1v) is 7.09. The van der Waals surface area contributed by atoms with Crippen molar-refractivity contribution in [2.24, 2.45) is 0 Å². The number of non-ortho nitro benzene ring substituents is 1. The van der Waals surface area contributed by atoms with Crippen molar-refractivity contribution in [2.45, 2.75) is 31.3 Å². The van der Waals surface area contributed by atoms with Crippen molar-refractivity contribution in [1.82, 2.24) is 5.48 Å². The minimum atomic E-state index is -4.29. The van der Waals surface area contributed by atoms with Gasteiger partial charge in [0.1, 0.15) is 5.60 Å². The number of amides is 1. The first kappa shape index (κ1) is 16.9. The summed E-state index contributed by atoms with van der Waals surface area (Å²) >= 11 is 0. The number of benzene rings is 1. The molecule has 10 heteroatoms. The Morgan fingerprint density at radius 3 is 2.19 bits per heavy atom. The Morgan fingerprint density at radius 2 is 1.76 bits per heavy atom. The van der Waals surface area contributed by atoms with E-state index in [1.165, 1.54) is 0 Å². The summed E-state index contributed by atoms with van der Waals surface area (Å²) in [5.41, 5.74) is 0.548. The van der Waals surface area contributed by atoms with Gasteiger partial charge in [0.15, 0.2) is 0 Å². The summed E-state index contributed by atoms with van der Waals surface area (Å²) in [5.74, 6) is 0. The fraction of sp³-hybridized carbons (Fsp3) is 0.364. The summed E-state index contributed by atoms with van der Waals surface area (Å²) < 4.78 is 32.5. The number of nitro benzene ring substituents is 1. The molecule has 0 aliphatic rings. The summed E-state index contributed by atoms with van der Waals surface area (Å²) in [4.78, 5) is 20.7. The number of carbonyl (C=O) groups excluding carboxylic acids is 1. The zero-order valence-corrected chi connectivity index (χ0v) is 12.3. The molecule has 0 saturated heterocycles. The third-order valence-electron chi connectivity index (χ3n) is 1.97. The zero-order valence-electron chi connectivity index (χ0n) is 11.5. The zero-order chi connectivity index (χ0) is 16.3. The van der Waals surface area contributed by atoms with Gasteiger partial charge in [-0.15, -0.1) is 4.28 Å². The fourth-order valence-electron chi connectivity index (χ4n) is 1.17. The van der Waals surface area contributed by atoms with Crippen LogP contribution < -0.4 is 5.48 Å². The van der Waals surface area contributed by atoms with E-state index in [2.05, 4.69) is 4.28 Å². The number of rotatable bonds is 4. The third-order valence-corrected chi connectivity index (χ3v) is 3.12. The summed E-state index contributed by atoms with van der Waals surface area (Å²) in [7, 11) is -4.29. The molecule has 0 radical (unpaired) electrons. The molecule has 0 aliphatic heterocycles. The van der Waals surface area contributed by atoms with Crippen molar-refractivity contribution in [2.75, 3.05) is 0 Å². The number of hydrogen-bond donors (Lipinski definition) is 1. The van der Waals surface area contributed by atoms with Crippen LogP contribution in [0.1, 0.15) is 20.8 Å². The molecular formula is C11H14N2O7S. The number of nitrogens with zero attached hydrogens (tertiary/aromatic N) is 1. The minimum Gasteiger partial charge on any atom is -0.442 e. The molecule has 0 bridgehead atoms. The van der Waals surface area contributed by atoms with Crippen LogP contribution >= 0.6 is 0 Å². The Bertz CT molecular complexity index is 632. The molecule has 1 N–H and O–H groups in total. The van der Waals surface area contributed by atoms with E-state index in [1.54, 1.807) is 26.3 Å². The summed E-state index contributed by atoms with van der Waals surface area (Å²) in [6.45, 7) is 4.78. The average Bonchev–Trinajstić information content (AvgIpc) is 2.34. The van der Waals surface area contributed by atoms with Crippen molar-refractivity contribution in [1.29, 1.82) is 0 Å². The van der Waals surface area contributed by atoms with E-state index in [-0.39, 0.29) is 10.6 Å². The molecule has 116 valence electrons.